The fourth-order valence-electron chi connectivity index (χ4n) is 4.54. The number of hydrogen-bond donors (Lipinski definition) is 0. The lowest BCUT2D eigenvalue weighted by Gasteiger charge is -2.29. The Morgan fingerprint density at radius 2 is 1.37 bits per heavy atom. The zero-order valence-electron chi connectivity index (χ0n) is 16.0. The highest BCUT2D eigenvalue weighted by Gasteiger charge is 2.35. The molecule has 4 rings (SSSR count). The number of fused-ring (bicyclic) bond motifs is 1. The van der Waals surface area contributed by atoms with Gasteiger partial charge in [-0.25, -0.2) is 0 Å². The van der Waals surface area contributed by atoms with Gasteiger partial charge in [-0.05, 0) is 62.1 Å². The van der Waals surface area contributed by atoms with Crippen LogP contribution in [0.4, 0.5) is 0 Å². The number of nitrogens with zero attached hydrogens (tertiary/aromatic N) is 1. The fraction of sp³-hybridized carbons (Fsp3) is 0.417. The molecule has 0 radical (unpaired) electrons. The first-order valence-corrected chi connectivity index (χ1v) is 10.1. The lowest BCUT2D eigenvalue weighted by molar-refractivity contribution is 0.0640. The van der Waals surface area contributed by atoms with Crippen molar-refractivity contribution >= 4 is 11.8 Å². The first-order valence-electron chi connectivity index (χ1n) is 10.1. The average molecular weight is 361 g/mol. The molecule has 3 nitrogen and oxygen atoms in total. The van der Waals surface area contributed by atoms with E-state index in [1.54, 1.807) is 12.1 Å². The molecule has 0 spiro atoms. The van der Waals surface area contributed by atoms with Crippen molar-refractivity contribution in [2.45, 2.75) is 45.4 Å². The smallest absolute Gasteiger partial charge is 0.261 e. The third kappa shape index (κ3) is 3.83. The van der Waals surface area contributed by atoms with Crippen molar-refractivity contribution in [3.8, 4) is 0 Å². The Labute approximate surface area is 161 Å². The molecule has 0 atom stereocenters. The largest absolute Gasteiger partial charge is 0.274 e. The van der Waals surface area contributed by atoms with Gasteiger partial charge in [-0.1, -0.05) is 54.8 Å². The number of carbonyl (C=O) groups excluding carboxylic acids is 2. The van der Waals surface area contributed by atoms with Crippen LogP contribution in [0.5, 0.6) is 0 Å². The predicted octanol–water partition coefficient (Wildman–Crippen LogP) is 5.03. The maximum atomic E-state index is 12.5. The highest BCUT2D eigenvalue weighted by molar-refractivity contribution is 6.21. The molecule has 3 heteroatoms. The van der Waals surface area contributed by atoms with E-state index in [4.69, 9.17) is 0 Å². The summed E-state index contributed by atoms with van der Waals surface area (Å²) < 4.78 is 0. The minimum atomic E-state index is -0.122. The molecule has 0 N–H and O–H groups in total. The van der Waals surface area contributed by atoms with E-state index >= 15 is 0 Å². The lowest BCUT2D eigenvalue weighted by Crippen LogP contribution is -2.32. The average Bonchev–Trinajstić information content (AvgIpc) is 2.94. The highest BCUT2D eigenvalue weighted by Crippen LogP contribution is 2.33. The topological polar surface area (TPSA) is 37.4 Å². The monoisotopic (exact) mass is 361 g/mol. The molecule has 1 heterocycles. The Hall–Kier alpha value is -2.42. The molecule has 0 aromatic heterocycles. The van der Waals surface area contributed by atoms with Gasteiger partial charge in [-0.15, -0.1) is 0 Å². The van der Waals surface area contributed by atoms with Gasteiger partial charge < -0.3 is 0 Å². The van der Waals surface area contributed by atoms with E-state index in [9.17, 15) is 9.59 Å². The van der Waals surface area contributed by atoms with Gasteiger partial charge in [-0.2, -0.15) is 0 Å². The summed E-state index contributed by atoms with van der Waals surface area (Å²) in [6, 6.07) is 16.1. The van der Waals surface area contributed by atoms with Crippen LogP contribution >= 0.6 is 0 Å². The molecule has 2 aromatic carbocycles. The quantitative estimate of drug-likeness (QED) is 0.701. The van der Waals surface area contributed by atoms with Crippen LogP contribution in [0.15, 0.2) is 48.5 Å². The Kier molecular flexibility index (Phi) is 5.11. The van der Waals surface area contributed by atoms with E-state index < -0.39 is 0 Å². The van der Waals surface area contributed by atoms with Crippen molar-refractivity contribution in [2.24, 2.45) is 11.8 Å². The summed E-state index contributed by atoms with van der Waals surface area (Å²) in [5.74, 6) is 1.15. The van der Waals surface area contributed by atoms with Gasteiger partial charge in [0.05, 0.1) is 11.1 Å². The van der Waals surface area contributed by atoms with Crippen LogP contribution in [-0.4, -0.2) is 23.3 Å². The normalized spacial score (nSPS) is 22.2. The Balaban J connectivity index is 1.26. The van der Waals surface area contributed by atoms with Crippen molar-refractivity contribution in [3.05, 3.63) is 70.8 Å². The molecular weight excluding hydrogens is 334 g/mol. The van der Waals surface area contributed by atoms with Gasteiger partial charge in [0.15, 0.2) is 0 Å². The third-order valence-electron chi connectivity index (χ3n) is 6.25. The molecule has 0 unspecified atom stereocenters. The minimum Gasteiger partial charge on any atom is -0.274 e. The number of imide groups is 1. The molecule has 27 heavy (non-hydrogen) atoms. The molecule has 1 saturated carbocycles. The number of aryl methyl sites for hydroxylation is 1. The van der Waals surface area contributed by atoms with Crippen LogP contribution in [-0.2, 0) is 6.42 Å². The number of hydrogen-bond acceptors (Lipinski definition) is 2. The van der Waals surface area contributed by atoms with Crippen LogP contribution in [0.1, 0.15) is 63.9 Å². The Morgan fingerprint density at radius 1 is 0.815 bits per heavy atom. The van der Waals surface area contributed by atoms with Gasteiger partial charge >= 0.3 is 0 Å². The van der Waals surface area contributed by atoms with Crippen molar-refractivity contribution in [2.75, 3.05) is 6.54 Å². The summed E-state index contributed by atoms with van der Waals surface area (Å²) in [5.41, 5.74) is 3.87. The number of carbonyl (C=O) groups is 2. The van der Waals surface area contributed by atoms with E-state index in [1.165, 1.54) is 48.1 Å². The molecular formula is C24H27NO2. The van der Waals surface area contributed by atoms with Crippen molar-refractivity contribution in [3.63, 3.8) is 0 Å². The molecule has 2 aliphatic rings. The van der Waals surface area contributed by atoms with Gasteiger partial charge in [0.1, 0.15) is 0 Å². The Bertz CT molecular complexity index is 797. The van der Waals surface area contributed by atoms with E-state index in [-0.39, 0.29) is 11.8 Å². The van der Waals surface area contributed by atoms with Crippen LogP contribution in [0.2, 0.25) is 0 Å². The molecule has 2 amide bonds. The number of rotatable bonds is 5. The zero-order chi connectivity index (χ0) is 18.8. The van der Waals surface area contributed by atoms with Gasteiger partial charge in [0, 0.05) is 6.54 Å². The first-order chi connectivity index (χ1) is 13.1. The van der Waals surface area contributed by atoms with Gasteiger partial charge in [-0.3, -0.25) is 14.5 Å². The summed E-state index contributed by atoms with van der Waals surface area (Å²) in [5, 5.41) is 0. The second-order valence-electron chi connectivity index (χ2n) is 8.17. The summed E-state index contributed by atoms with van der Waals surface area (Å²) in [6.07, 6.45) is 7.02. The lowest BCUT2D eigenvalue weighted by atomic mass is 9.78. The van der Waals surface area contributed by atoms with E-state index in [1.807, 2.05) is 12.1 Å². The molecule has 0 saturated heterocycles. The number of amides is 2. The van der Waals surface area contributed by atoms with Crippen molar-refractivity contribution in [1.29, 1.82) is 0 Å². The van der Waals surface area contributed by atoms with Crippen LogP contribution in [0.3, 0.4) is 0 Å². The molecule has 140 valence electrons. The van der Waals surface area contributed by atoms with Crippen LogP contribution in [0, 0.1) is 18.8 Å². The summed E-state index contributed by atoms with van der Waals surface area (Å²) in [7, 11) is 0. The maximum Gasteiger partial charge on any atom is 0.261 e. The SMILES string of the molecule is Cc1ccc(CC2CCC(CCN3C(=O)c4ccccc4C3=O)CC2)cc1. The summed E-state index contributed by atoms with van der Waals surface area (Å²) in [4.78, 5) is 26.4. The van der Waals surface area contributed by atoms with Crippen LogP contribution < -0.4 is 0 Å². The molecule has 2 aromatic rings. The second kappa shape index (κ2) is 7.67. The second-order valence-corrected chi connectivity index (χ2v) is 8.17. The fourth-order valence-corrected chi connectivity index (χ4v) is 4.54. The van der Waals surface area contributed by atoms with Crippen molar-refractivity contribution < 1.29 is 9.59 Å². The summed E-state index contributed by atoms with van der Waals surface area (Å²) in [6.45, 7) is 2.68. The standard InChI is InChI=1S/C24H27NO2/c1-17-6-8-19(9-7-17)16-20-12-10-18(11-13-20)14-15-25-23(26)21-4-2-3-5-22(21)24(25)27/h2-9,18,20H,10-16H2,1H3. The van der Waals surface area contributed by atoms with E-state index in [2.05, 4.69) is 31.2 Å². The molecule has 1 fully saturated rings. The van der Waals surface area contributed by atoms with Gasteiger partial charge in [0.25, 0.3) is 11.8 Å². The van der Waals surface area contributed by atoms with E-state index in [0.717, 1.165) is 12.3 Å². The molecule has 1 aliphatic heterocycles. The summed E-state index contributed by atoms with van der Waals surface area (Å²) >= 11 is 0. The Morgan fingerprint density at radius 3 is 1.96 bits per heavy atom. The first kappa shape index (κ1) is 18.0. The third-order valence-corrected chi connectivity index (χ3v) is 6.25. The van der Waals surface area contributed by atoms with Crippen LogP contribution in [0.25, 0.3) is 0 Å². The minimum absolute atomic E-state index is 0.122. The highest BCUT2D eigenvalue weighted by atomic mass is 16.2. The molecule has 1 aliphatic carbocycles. The van der Waals surface area contributed by atoms with Gasteiger partial charge in [0.2, 0.25) is 0 Å². The predicted molar refractivity (Wildman–Crippen MR) is 107 cm³/mol. The van der Waals surface area contributed by atoms with E-state index in [0.29, 0.717) is 23.6 Å². The number of benzene rings is 2. The zero-order valence-corrected chi connectivity index (χ0v) is 16.0. The van der Waals surface area contributed by atoms with Crippen molar-refractivity contribution in [1.82, 2.24) is 4.90 Å². The maximum absolute atomic E-state index is 12.5. The molecule has 0 bridgehead atoms.